The lowest BCUT2D eigenvalue weighted by molar-refractivity contribution is -0.188. The molecule has 0 atom stereocenters. The van der Waals surface area contributed by atoms with Crippen molar-refractivity contribution in [2.24, 2.45) is 5.92 Å². The Morgan fingerprint density at radius 3 is 2.46 bits per heavy atom. The van der Waals surface area contributed by atoms with Gasteiger partial charge in [0, 0.05) is 57.3 Å². The number of hydrogen-bond donors (Lipinski definition) is 0. The van der Waals surface area contributed by atoms with Gasteiger partial charge in [0.15, 0.2) is 11.4 Å². The topological polar surface area (TPSA) is 80.7 Å². The molecule has 2 aromatic rings. The standard InChI is InChI=1S/C20H25N5O3/c26-19(25-9-3-20(4-10-25)27-11-12-28-20)15-1-7-24(8-2-15)16-13-17-18(23-14-16)22-6-5-21-17/h5-6,13-15H,1-4,7-12H2. The third-order valence-corrected chi connectivity index (χ3v) is 6.17. The second-order valence-electron chi connectivity index (χ2n) is 7.79. The molecule has 0 N–H and O–H groups in total. The van der Waals surface area contributed by atoms with Crippen molar-refractivity contribution in [3.05, 3.63) is 24.7 Å². The van der Waals surface area contributed by atoms with E-state index < -0.39 is 5.79 Å². The summed E-state index contributed by atoms with van der Waals surface area (Å²) in [6.45, 7) is 4.50. The summed E-state index contributed by atoms with van der Waals surface area (Å²) < 4.78 is 11.5. The first-order valence-corrected chi connectivity index (χ1v) is 10.1. The van der Waals surface area contributed by atoms with Gasteiger partial charge in [0.25, 0.3) is 0 Å². The van der Waals surface area contributed by atoms with E-state index in [1.165, 1.54) is 0 Å². The average Bonchev–Trinajstić information content (AvgIpc) is 3.21. The third-order valence-electron chi connectivity index (χ3n) is 6.17. The minimum atomic E-state index is -0.424. The van der Waals surface area contributed by atoms with Crippen LogP contribution < -0.4 is 4.90 Å². The van der Waals surface area contributed by atoms with Crippen LogP contribution >= 0.6 is 0 Å². The van der Waals surface area contributed by atoms with E-state index in [2.05, 4.69) is 19.9 Å². The van der Waals surface area contributed by atoms with E-state index >= 15 is 0 Å². The number of ether oxygens (including phenoxy) is 2. The predicted octanol–water partition coefficient (Wildman–Crippen LogP) is 1.61. The molecule has 1 amide bonds. The van der Waals surface area contributed by atoms with Crippen LogP contribution in [0, 0.1) is 5.92 Å². The Balaban J connectivity index is 1.18. The second-order valence-corrected chi connectivity index (χ2v) is 7.79. The molecule has 8 nitrogen and oxygen atoms in total. The number of amides is 1. The number of anilines is 1. The Morgan fingerprint density at radius 2 is 1.71 bits per heavy atom. The van der Waals surface area contributed by atoms with Gasteiger partial charge in [-0.2, -0.15) is 0 Å². The minimum absolute atomic E-state index is 0.101. The highest BCUT2D eigenvalue weighted by Gasteiger charge is 2.41. The fraction of sp³-hybridized carbons (Fsp3) is 0.600. The Labute approximate surface area is 163 Å². The van der Waals surface area contributed by atoms with Gasteiger partial charge in [0.2, 0.25) is 5.91 Å². The molecule has 0 radical (unpaired) electrons. The lowest BCUT2D eigenvalue weighted by atomic mass is 9.93. The summed E-state index contributed by atoms with van der Waals surface area (Å²) in [5.41, 5.74) is 2.51. The summed E-state index contributed by atoms with van der Waals surface area (Å²) >= 11 is 0. The van der Waals surface area contributed by atoms with Gasteiger partial charge in [0.05, 0.1) is 25.1 Å². The summed E-state index contributed by atoms with van der Waals surface area (Å²) in [4.78, 5) is 30.2. The van der Waals surface area contributed by atoms with Crippen molar-refractivity contribution in [1.82, 2.24) is 19.9 Å². The van der Waals surface area contributed by atoms with Crippen molar-refractivity contribution in [2.75, 3.05) is 44.3 Å². The van der Waals surface area contributed by atoms with Crippen LogP contribution in [0.5, 0.6) is 0 Å². The van der Waals surface area contributed by atoms with Crippen LogP contribution in [0.25, 0.3) is 11.2 Å². The predicted molar refractivity (Wildman–Crippen MR) is 103 cm³/mol. The van der Waals surface area contributed by atoms with Gasteiger partial charge < -0.3 is 19.3 Å². The Morgan fingerprint density at radius 1 is 1.00 bits per heavy atom. The fourth-order valence-corrected chi connectivity index (χ4v) is 4.52. The van der Waals surface area contributed by atoms with Gasteiger partial charge in [0.1, 0.15) is 5.52 Å². The molecule has 0 bridgehead atoms. The molecule has 5 rings (SSSR count). The molecule has 0 aliphatic carbocycles. The Hall–Kier alpha value is -2.32. The SMILES string of the molecule is O=C(C1CCN(c2cnc3nccnc3c2)CC1)N1CCC2(CC1)OCCO2. The Bertz CT molecular complexity index is 852. The molecule has 1 spiro atoms. The quantitative estimate of drug-likeness (QED) is 0.779. The minimum Gasteiger partial charge on any atom is -0.370 e. The zero-order chi connectivity index (χ0) is 19.0. The maximum absolute atomic E-state index is 13.0. The molecule has 28 heavy (non-hydrogen) atoms. The van der Waals surface area contributed by atoms with Crippen molar-refractivity contribution in [3.8, 4) is 0 Å². The number of likely N-dealkylation sites (tertiary alicyclic amines) is 1. The molecule has 0 unspecified atom stereocenters. The first-order chi connectivity index (χ1) is 13.7. The molecule has 5 heterocycles. The van der Waals surface area contributed by atoms with E-state index in [4.69, 9.17) is 9.47 Å². The van der Waals surface area contributed by atoms with E-state index in [0.29, 0.717) is 18.9 Å². The van der Waals surface area contributed by atoms with E-state index in [0.717, 1.165) is 63.1 Å². The van der Waals surface area contributed by atoms with Crippen molar-refractivity contribution in [1.29, 1.82) is 0 Å². The lowest BCUT2D eigenvalue weighted by Gasteiger charge is -2.40. The molecule has 148 valence electrons. The highest BCUT2D eigenvalue weighted by Crippen LogP contribution is 2.33. The van der Waals surface area contributed by atoms with Crippen LogP contribution in [0.2, 0.25) is 0 Å². The van der Waals surface area contributed by atoms with Crippen LogP contribution in [0.3, 0.4) is 0 Å². The van der Waals surface area contributed by atoms with Crippen molar-refractivity contribution in [3.63, 3.8) is 0 Å². The molecule has 3 aliphatic rings. The highest BCUT2D eigenvalue weighted by atomic mass is 16.7. The van der Waals surface area contributed by atoms with Crippen molar-refractivity contribution < 1.29 is 14.3 Å². The number of aromatic nitrogens is 3. The first kappa shape index (κ1) is 17.8. The second kappa shape index (κ2) is 7.25. The molecule has 0 saturated carbocycles. The van der Waals surface area contributed by atoms with Crippen molar-refractivity contribution >= 4 is 22.8 Å². The number of nitrogens with zero attached hydrogens (tertiary/aromatic N) is 5. The van der Waals surface area contributed by atoms with Gasteiger partial charge in [-0.25, -0.2) is 9.97 Å². The van der Waals surface area contributed by atoms with Crippen LogP contribution in [-0.4, -0.2) is 70.9 Å². The third kappa shape index (κ3) is 3.31. The summed E-state index contributed by atoms with van der Waals surface area (Å²) in [5, 5.41) is 0. The van der Waals surface area contributed by atoms with Crippen LogP contribution in [-0.2, 0) is 14.3 Å². The summed E-state index contributed by atoms with van der Waals surface area (Å²) in [6, 6.07) is 2.03. The number of rotatable bonds is 2. The number of pyridine rings is 1. The molecule has 0 aromatic carbocycles. The van der Waals surface area contributed by atoms with E-state index in [-0.39, 0.29) is 11.8 Å². The smallest absolute Gasteiger partial charge is 0.225 e. The molecule has 2 aromatic heterocycles. The average molecular weight is 383 g/mol. The lowest BCUT2D eigenvalue weighted by Crippen LogP contribution is -2.50. The van der Waals surface area contributed by atoms with Crippen LogP contribution in [0.1, 0.15) is 25.7 Å². The number of piperidine rings is 2. The largest absolute Gasteiger partial charge is 0.370 e. The van der Waals surface area contributed by atoms with E-state index in [1.807, 2.05) is 17.2 Å². The van der Waals surface area contributed by atoms with Gasteiger partial charge in [-0.15, -0.1) is 0 Å². The molecule has 3 saturated heterocycles. The van der Waals surface area contributed by atoms with Crippen molar-refractivity contribution in [2.45, 2.75) is 31.5 Å². The molecular formula is C20H25N5O3. The van der Waals surface area contributed by atoms with Gasteiger partial charge >= 0.3 is 0 Å². The molecular weight excluding hydrogens is 358 g/mol. The van der Waals surface area contributed by atoms with Gasteiger partial charge in [-0.05, 0) is 18.9 Å². The van der Waals surface area contributed by atoms with Crippen LogP contribution in [0.4, 0.5) is 5.69 Å². The van der Waals surface area contributed by atoms with Crippen LogP contribution in [0.15, 0.2) is 24.7 Å². The fourth-order valence-electron chi connectivity index (χ4n) is 4.52. The monoisotopic (exact) mass is 383 g/mol. The number of hydrogen-bond acceptors (Lipinski definition) is 7. The maximum atomic E-state index is 13.0. The van der Waals surface area contributed by atoms with E-state index in [9.17, 15) is 4.79 Å². The molecule has 8 heteroatoms. The summed E-state index contributed by atoms with van der Waals surface area (Å²) in [7, 11) is 0. The van der Waals surface area contributed by atoms with Gasteiger partial charge in [-0.3, -0.25) is 9.78 Å². The normalized spacial score (nSPS) is 22.9. The number of fused-ring (bicyclic) bond motifs is 1. The molecule has 3 aliphatic heterocycles. The Kier molecular flexibility index (Phi) is 4.60. The maximum Gasteiger partial charge on any atom is 0.225 e. The summed E-state index contributed by atoms with van der Waals surface area (Å²) in [6.07, 6.45) is 8.48. The number of carbonyl (C=O) groups excluding carboxylic acids is 1. The number of carbonyl (C=O) groups is 1. The zero-order valence-electron chi connectivity index (χ0n) is 15.9. The first-order valence-electron chi connectivity index (χ1n) is 10.1. The zero-order valence-corrected chi connectivity index (χ0v) is 15.9. The summed E-state index contributed by atoms with van der Waals surface area (Å²) in [5.74, 6) is -0.0366. The van der Waals surface area contributed by atoms with Gasteiger partial charge in [-0.1, -0.05) is 0 Å². The highest BCUT2D eigenvalue weighted by molar-refractivity contribution is 5.79. The van der Waals surface area contributed by atoms with E-state index in [1.54, 1.807) is 12.4 Å². The molecule has 3 fully saturated rings.